The summed E-state index contributed by atoms with van der Waals surface area (Å²) < 4.78 is 16.3. The highest BCUT2D eigenvalue weighted by Crippen LogP contribution is 2.18. The molecule has 0 fully saturated rings. The van der Waals surface area contributed by atoms with Crippen molar-refractivity contribution in [2.45, 2.75) is 19.6 Å². The predicted molar refractivity (Wildman–Crippen MR) is 90.1 cm³/mol. The van der Waals surface area contributed by atoms with E-state index in [1.54, 1.807) is 12.5 Å². The van der Waals surface area contributed by atoms with Crippen LogP contribution in [0.25, 0.3) is 11.4 Å². The molecule has 0 aliphatic heterocycles. The molecular formula is C19H17N3O3. The number of hydrogen-bond donors (Lipinski definition) is 0. The van der Waals surface area contributed by atoms with E-state index in [2.05, 4.69) is 15.0 Å². The molecule has 4 aromatic rings. The molecule has 3 heterocycles. The maximum atomic E-state index is 5.46. The fraction of sp³-hybridized carbons (Fsp3) is 0.158. The Hall–Kier alpha value is -3.12. The van der Waals surface area contributed by atoms with Crippen LogP contribution in [0.4, 0.5) is 0 Å². The molecular weight excluding hydrogens is 318 g/mol. The first-order valence-corrected chi connectivity index (χ1v) is 8.02. The number of aromatic nitrogens is 2. The number of hydrogen-bond acceptors (Lipinski definition) is 6. The minimum Gasteiger partial charge on any atom is -0.468 e. The van der Waals surface area contributed by atoms with Gasteiger partial charge in [-0.1, -0.05) is 35.5 Å². The first kappa shape index (κ1) is 15.4. The molecule has 0 bridgehead atoms. The molecule has 1 aromatic carbocycles. The van der Waals surface area contributed by atoms with Gasteiger partial charge in [0.25, 0.3) is 0 Å². The fourth-order valence-electron chi connectivity index (χ4n) is 2.63. The molecule has 0 aliphatic carbocycles. The van der Waals surface area contributed by atoms with Crippen LogP contribution in [0, 0.1) is 0 Å². The molecule has 0 aliphatic rings. The second-order valence-corrected chi connectivity index (χ2v) is 5.68. The topological polar surface area (TPSA) is 68.4 Å². The zero-order valence-corrected chi connectivity index (χ0v) is 13.5. The smallest absolute Gasteiger partial charge is 0.241 e. The van der Waals surface area contributed by atoms with Crippen LogP contribution in [0.15, 0.2) is 80.5 Å². The van der Waals surface area contributed by atoms with E-state index in [0.717, 1.165) is 17.1 Å². The Morgan fingerprint density at radius 3 is 2.04 bits per heavy atom. The van der Waals surface area contributed by atoms with Crippen LogP contribution in [-0.4, -0.2) is 15.0 Å². The van der Waals surface area contributed by atoms with E-state index < -0.39 is 0 Å². The van der Waals surface area contributed by atoms with Crippen molar-refractivity contribution in [1.82, 2.24) is 15.0 Å². The van der Waals surface area contributed by atoms with E-state index in [1.807, 2.05) is 54.6 Å². The van der Waals surface area contributed by atoms with Crippen molar-refractivity contribution in [3.05, 3.63) is 84.5 Å². The van der Waals surface area contributed by atoms with E-state index >= 15 is 0 Å². The van der Waals surface area contributed by atoms with E-state index in [4.69, 9.17) is 13.4 Å². The van der Waals surface area contributed by atoms with Gasteiger partial charge in [-0.2, -0.15) is 4.98 Å². The van der Waals surface area contributed by atoms with Gasteiger partial charge >= 0.3 is 0 Å². The van der Waals surface area contributed by atoms with Gasteiger partial charge in [-0.15, -0.1) is 0 Å². The van der Waals surface area contributed by atoms with Crippen molar-refractivity contribution in [3.63, 3.8) is 0 Å². The molecule has 6 nitrogen and oxygen atoms in total. The van der Waals surface area contributed by atoms with Gasteiger partial charge in [-0.3, -0.25) is 4.90 Å². The highest BCUT2D eigenvalue weighted by Gasteiger charge is 2.16. The Labute approximate surface area is 144 Å². The first-order valence-electron chi connectivity index (χ1n) is 8.02. The summed E-state index contributed by atoms with van der Waals surface area (Å²) in [6, 6.07) is 17.4. The van der Waals surface area contributed by atoms with Crippen LogP contribution in [0.2, 0.25) is 0 Å². The van der Waals surface area contributed by atoms with Crippen molar-refractivity contribution < 1.29 is 13.4 Å². The molecule has 3 aromatic heterocycles. The van der Waals surface area contributed by atoms with Crippen LogP contribution < -0.4 is 0 Å². The van der Waals surface area contributed by atoms with Crippen LogP contribution in [-0.2, 0) is 19.6 Å². The van der Waals surface area contributed by atoms with Crippen molar-refractivity contribution in [3.8, 4) is 11.4 Å². The zero-order valence-electron chi connectivity index (χ0n) is 13.5. The lowest BCUT2D eigenvalue weighted by atomic mass is 10.2. The van der Waals surface area contributed by atoms with E-state index in [-0.39, 0.29) is 0 Å². The Kier molecular flexibility index (Phi) is 4.43. The Bertz CT molecular complexity index is 847. The molecule has 0 saturated carbocycles. The van der Waals surface area contributed by atoms with E-state index in [0.29, 0.717) is 31.3 Å². The summed E-state index contributed by atoms with van der Waals surface area (Å²) in [6.07, 6.45) is 3.33. The average molecular weight is 335 g/mol. The largest absolute Gasteiger partial charge is 0.468 e. The second-order valence-electron chi connectivity index (χ2n) is 5.68. The number of benzene rings is 1. The van der Waals surface area contributed by atoms with Crippen LogP contribution >= 0.6 is 0 Å². The summed E-state index contributed by atoms with van der Waals surface area (Å²) >= 11 is 0. The van der Waals surface area contributed by atoms with Crippen molar-refractivity contribution in [2.75, 3.05) is 0 Å². The van der Waals surface area contributed by atoms with Gasteiger partial charge in [0, 0.05) is 5.56 Å². The Morgan fingerprint density at radius 2 is 1.44 bits per heavy atom. The molecule has 0 amide bonds. The SMILES string of the molecule is c1ccc(-c2noc(CN(Cc3ccco3)Cc3ccco3)n2)cc1. The van der Waals surface area contributed by atoms with E-state index in [1.165, 1.54) is 0 Å². The summed E-state index contributed by atoms with van der Waals surface area (Å²) in [4.78, 5) is 6.62. The van der Waals surface area contributed by atoms with Crippen LogP contribution in [0.1, 0.15) is 17.4 Å². The van der Waals surface area contributed by atoms with Crippen molar-refractivity contribution in [2.24, 2.45) is 0 Å². The quantitative estimate of drug-likeness (QED) is 0.506. The predicted octanol–water partition coefficient (Wildman–Crippen LogP) is 4.13. The fourth-order valence-corrected chi connectivity index (χ4v) is 2.63. The normalized spacial score (nSPS) is 11.2. The molecule has 0 atom stereocenters. The number of rotatable bonds is 7. The average Bonchev–Trinajstić information content (AvgIpc) is 3.38. The highest BCUT2D eigenvalue weighted by atomic mass is 16.5. The zero-order chi connectivity index (χ0) is 16.9. The van der Waals surface area contributed by atoms with Crippen LogP contribution in [0.3, 0.4) is 0 Å². The number of nitrogens with zero attached hydrogens (tertiary/aromatic N) is 3. The second kappa shape index (κ2) is 7.19. The maximum absolute atomic E-state index is 5.46. The molecule has 0 saturated heterocycles. The lowest BCUT2D eigenvalue weighted by Crippen LogP contribution is -2.22. The van der Waals surface area contributed by atoms with Crippen molar-refractivity contribution in [1.29, 1.82) is 0 Å². The van der Waals surface area contributed by atoms with Gasteiger partial charge in [0.2, 0.25) is 11.7 Å². The Morgan fingerprint density at radius 1 is 0.760 bits per heavy atom. The summed E-state index contributed by atoms with van der Waals surface area (Å²) in [5, 5.41) is 4.07. The minimum atomic E-state index is 0.501. The minimum absolute atomic E-state index is 0.501. The summed E-state index contributed by atoms with van der Waals surface area (Å²) in [5.41, 5.74) is 0.932. The maximum Gasteiger partial charge on any atom is 0.241 e. The third kappa shape index (κ3) is 3.87. The third-order valence-corrected chi connectivity index (χ3v) is 3.78. The van der Waals surface area contributed by atoms with E-state index in [9.17, 15) is 0 Å². The molecule has 0 radical (unpaired) electrons. The van der Waals surface area contributed by atoms with Gasteiger partial charge in [-0.25, -0.2) is 0 Å². The molecule has 6 heteroatoms. The van der Waals surface area contributed by atoms with Gasteiger partial charge in [-0.05, 0) is 24.3 Å². The van der Waals surface area contributed by atoms with Gasteiger partial charge in [0.1, 0.15) is 11.5 Å². The lowest BCUT2D eigenvalue weighted by Gasteiger charge is -2.17. The molecule has 4 rings (SSSR count). The number of furan rings is 2. The van der Waals surface area contributed by atoms with Crippen LogP contribution in [0.5, 0.6) is 0 Å². The molecule has 25 heavy (non-hydrogen) atoms. The molecule has 0 N–H and O–H groups in total. The Balaban J connectivity index is 1.50. The third-order valence-electron chi connectivity index (χ3n) is 3.78. The van der Waals surface area contributed by atoms with Gasteiger partial charge in [0.05, 0.1) is 32.2 Å². The molecule has 0 unspecified atom stereocenters. The monoisotopic (exact) mass is 335 g/mol. The summed E-state index contributed by atoms with van der Waals surface area (Å²) in [7, 11) is 0. The first-order chi connectivity index (χ1) is 12.4. The standard InChI is InChI=1S/C19H17N3O3/c1-2-6-15(7-3-1)19-20-18(25-21-19)14-22(12-16-8-4-10-23-16)13-17-9-5-11-24-17/h1-11H,12-14H2. The van der Waals surface area contributed by atoms with Crippen molar-refractivity contribution >= 4 is 0 Å². The molecule has 126 valence electrons. The summed E-state index contributed by atoms with van der Waals surface area (Å²) in [5.74, 6) is 2.88. The van der Waals surface area contributed by atoms with Gasteiger partial charge < -0.3 is 13.4 Å². The lowest BCUT2D eigenvalue weighted by molar-refractivity contribution is 0.183. The highest BCUT2D eigenvalue weighted by molar-refractivity contribution is 5.53. The summed E-state index contributed by atoms with van der Waals surface area (Å²) in [6.45, 7) is 1.74. The van der Waals surface area contributed by atoms with Gasteiger partial charge in [0.15, 0.2) is 0 Å². The molecule has 0 spiro atoms.